The molecule has 0 bridgehead atoms. The lowest BCUT2D eigenvalue weighted by atomic mass is 10.0. The van der Waals surface area contributed by atoms with Gasteiger partial charge in [0.05, 0.1) is 12.7 Å². The van der Waals surface area contributed by atoms with Crippen molar-refractivity contribution in [3.8, 4) is 0 Å². The van der Waals surface area contributed by atoms with Crippen molar-refractivity contribution >= 4 is 25.0 Å². The molecule has 0 amide bonds. The molecule has 1 aromatic rings. The maximum absolute atomic E-state index is 10.8. The Labute approximate surface area is 85.0 Å². The van der Waals surface area contributed by atoms with E-state index in [1.807, 2.05) is 37.5 Å². The Hall–Kier alpha value is -0.605. The van der Waals surface area contributed by atoms with Gasteiger partial charge in [-0.3, -0.25) is 4.79 Å². The summed E-state index contributed by atoms with van der Waals surface area (Å²) in [7, 11) is 11.1. The van der Waals surface area contributed by atoms with Crippen LogP contribution in [0.1, 0.15) is 9.67 Å². The van der Waals surface area contributed by atoms with E-state index in [4.69, 9.17) is 7.85 Å². The van der Waals surface area contributed by atoms with Gasteiger partial charge in [0, 0.05) is 0 Å². The second-order valence-electron chi connectivity index (χ2n) is 2.95. The average molecular weight is 195 g/mol. The number of carbonyl (C=O) groups excluding carboxylic acids is 1. The van der Waals surface area contributed by atoms with Crippen molar-refractivity contribution in [2.24, 2.45) is 0 Å². The molecule has 70 valence electrons. The van der Waals surface area contributed by atoms with Crippen LogP contribution in [0.3, 0.4) is 0 Å². The molecule has 0 saturated carbocycles. The van der Waals surface area contributed by atoms with Crippen LogP contribution in [0.2, 0.25) is 6.32 Å². The van der Waals surface area contributed by atoms with Crippen LogP contribution >= 0.6 is 11.3 Å². The lowest BCUT2D eigenvalue weighted by Gasteiger charge is -1.90. The van der Waals surface area contributed by atoms with Gasteiger partial charge in [0.25, 0.3) is 0 Å². The number of Topliss-reactive ketones (excluding diaryl/α,β-unsaturated/α-hetero) is 1. The average Bonchev–Trinajstić information content (AvgIpc) is 2.54. The van der Waals surface area contributed by atoms with Crippen LogP contribution in [0, 0.1) is 0 Å². The quantitative estimate of drug-likeness (QED) is 0.528. The molecule has 0 aliphatic carbocycles. The van der Waals surface area contributed by atoms with E-state index in [1.165, 1.54) is 11.3 Å². The molecule has 0 N–H and O–H groups in total. The van der Waals surface area contributed by atoms with Gasteiger partial charge >= 0.3 is 0 Å². The summed E-state index contributed by atoms with van der Waals surface area (Å²) in [5.41, 5.74) is 0. The molecule has 2 radical (unpaired) electrons. The van der Waals surface area contributed by atoms with Gasteiger partial charge in [-0.15, -0.1) is 11.3 Å². The van der Waals surface area contributed by atoms with Crippen LogP contribution in [0.25, 0.3) is 0 Å². The lowest BCUT2D eigenvalue weighted by Crippen LogP contribution is -1.99. The van der Waals surface area contributed by atoms with Crippen molar-refractivity contribution in [3.05, 3.63) is 22.4 Å². The zero-order chi connectivity index (χ0) is 10.3. The third kappa shape index (κ3) is 6.55. The van der Waals surface area contributed by atoms with Crippen molar-refractivity contribution in [2.45, 2.75) is 6.32 Å². The summed E-state index contributed by atoms with van der Waals surface area (Å²) in [5, 5.41) is 1.86. The minimum atomic E-state index is 0.0185. The van der Waals surface area contributed by atoms with Crippen LogP contribution in [0.5, 0.6) is 0 Å². The Kier molecular flexibility index (Phi) is 6.54. The molecule has 0 aliphatic rings. The van der Waals surface area contributed by atoms with Crippen molar-refractivity contribution in [3.63, 3.8) is 0 Å². The molecule has 0 unspecified atom stereocenters. The molecular weight excluding hydrogens is 181 g/mol. The van der Waals surface area contributed by atoms with Gasteiger partial charge in [0.2, 0.25) is 0 Å². The summed E-state index contributed by atoms with van der Waals surface area (Å²) < 4.78 is 0. The highest BCUT2D eigenvalue weighted by molar-refractivity contribution is 7.12. The summed E-state index contributed by atoms with van der Waals surface area (Å²) in [5.74, 6) is 0.0185. The predicted octanol–water partition coefficient (Wildman–Crippen LogP) is 1.70. The molecule has 0 saturated heterocycles. The van der Waals surface area contributed by atoms with Gasteiger partial charge < -0.3 is 4.90 Å². The Balaban J connectivity index is 0.000000310. The molecule has 0 spiro atoms. The molecule has 0 aliphatic heterocycles. The van der Waals surface area contributed by atoms with Gasteiger partial charge in [-0.05, 0) is 38.9 Å². The third-order valence-electron chi connectivity index (χ3n) is 0.981. The van der Waals surface area contributed by atoms with Gasteiger partial charge in [-0.25, -0.2) is 0 Å². The molecule has 0 fully saturated rings. The first-order valence-corrected chi connectivity index (χ1v) is 4.83. The smallest absolute Gasteiger partial charge is 0.164 e. The fourth-order valence-corrected chi connectivity index (χ4v) is 1.21. The molecule has 0 atom stereocenters. The SMILES string of the molecule is CN(C)C.[B]CC(=O)c1cccs1. The molecule has 4 heteroatoms. The summed E-state index contributed by atoms with van der Waals surface area (Å²) >= 11 is 1.43. The van der Waals surface area contributed by atoms with E-state index in [1.54, 1.807) is 6.07 Å². The lowest BCUT2D eigenvalue weighted by molar-refractivity contribution is 0.102. The first kappa shape index (κ1) is 12.4. The largest absolute Gasteiger partial charge is 0.312 e. The molecule has 1 aromatic heterocycles. The number of rotatable bonds is 2. The van der Waals surface area contributed by atoms with E-state index >= 15 is 0 Å². The Morgan fingerprint density at radius 3 is 2.38 bits per heavy atom. The maximum atomic E-state index is 10.8. The normalized spacial score (nSPS) is 9.23. The number of hydrogen-bond acceptors (Lipinski definition) is 3. The maximum Gasteiger partial charge on any atom is 0.164 e. The highest BCUT2D eigenvalue weighted by atomic mass is 32.1. The molecule has 2 nitrogen and oxygen atoms in total. The van der Waals surface area contributed by atoms with Gasteiger partial charge in [-0.2, -0.15) is 0 Å². The fraction of sp³-hybridized carbons (Fsp3) is 0.444. The van der Waals surface area contributed by atoms with E-state index in [-0.39, 0.29) is 12.1 Å². The van der Waals surface area contributed by atoms with Crippen LogP contribution < -0.4 is 0 Å². The van der Waals surface area contributed by atoms with Crippen molar-refractivity contribution in [1.82, 2.24) is 4.90 Å². The minimum absolute atomic E-state index is 0.0185. The van der Waals surface area contributed by atoms with Crippen LogP contribution in [0.4, 0.5) is 0 Å². The number of ketones is 1. The standard InChI is InChI=1S/C6H5BOS.C3H9N/c7-4-5(8)6-2-1-3-9-6;1-4(2)3/h1-3H,4H2;1-3H3. The zero-order valence-corrected chi connectivity index (χ0v) is 9.10. The van der Waals surface area contributed by atoms with E-state index in [0.717, 1.165) is 4.88 Å². The fourth-order valence-electron chi connectivity index (χ4n) is 0.538. The first-order chi connectivity index (χ1) is 6.07. The van der Waals surface area contributed by atoms with Crippen molar-refractivity contribution < 1.29 is 4.79 Å². The molecular formula is C9H14BNOS. The second-order valence-corrected chi connectivity index (χ2v) is 3.89. The van der Waals surface area contributed by atoms with Crippen molar-refractivity contribution in [2.75, 3.05) is 21.1 Å². The van der Waals surface area contributed by atoms with Crippen LogP contribution in [-0.4, -0.2) is 39.7 Å². The minimum Gasteiger partial charge on any atom is -0.312 e. The molecule has 13 heavy (non-hydrogen) atoms. The van der Waals surface area contributed by atoms with Crippen molar-refractivity contribution in [1.29, 1.82) is 0 Å². The topological polar surface area (TPSA) is 20.3 Å². The molecule has 1 rings (SSSR count). The highest BCUT2D eigenvalue weighted by Gasteiger charge is 2.00. The van der Waals surface area contributed by atoms with Gasteiger partial charge in [-0.1, -0.05) is 6.07 Å². The molecule has 0 aromatic carbocycles. The summed E-state index contributed by atoms with van der Waals surface area (Å²) in [6.45, 7) is 0. The van der Waals surface area contributed by atoms with E-state index < -0.39 is 0 Å². The monoisotopic (exact) mass is 195 g/mol. The summed E-state index contributed by atoms with van der Waals surface area (Å²) in [4.78, 5) is 13.5. The Morgan fingerprint density at radius 1 is 1.54 bits per heavy atom. The molecule has 1 heterocycles. The van der Waals surface area contributed by atoms with Crippen LogP contribution in [0.15, 0.2) is 17.5 Å². The van der Waals surface area contributed by atoms with Crippen LogP contribution in [-0.2, 0) is 0 Å². The van der Waals surface area contributed by atoms with E-state index in [9.17, 15) is 4.79 Å². The first-order valence-electron chi connectivity index (χ1n) is 3.95. The Morgan fingerprint density at radius 2 is 2.08 bits per heavy atom. The zero-order valence-electron chi connectivity index (χ0n) is 8.28. The van der Waals surface area contributed by atoms with Gasteiger partial charge in [0.15, 0.2) is 5.78 Å². The highest BCUT2D eigenvalue weighted by Crippen LogP contribution is 2.09. The summed E-state index contributed by atoms with van der Waals surface area (Å²) in [6.07, 6.45) is 0.112. The number of thiophene rings is 1. The van der Waals surface area contributed by atoms with Gasteiger partial charge in [0.1, 0.15) is 0 Å². The second kappa shape index (κ2) is 6.86. The number of nitrogens with zero attached hydrogens (tertiary/aromatic N) is 1. The van der Waals surface area contributed by atoms with E-state index in [0.29, 0.717) is 0 Å². The third-order valence-corrected chi connectivity index (χ3v) is 1.89. The summed E-state index contributed by atoms with van der Waals surface area (Å²) in [6, 6.07) is 3.62. The number of hydrogen-bond donors (Lipinski definition) is 0. The number of carbonyl (C=O) groups is 1. The Bertz CT molecular complexity index is 231. The van der Waals surface area contributed by atoms with E-state index in [2.05, 4.69) is 0 Å². The predicted molar refractivity (Wildman–Crippen MR) is 58.8 cm³/mol.